The van der Waals surface area contributed by atoms with Crippen LogP contribution in [0.25, 0.3) is 11.6 Å². The molecule has 2 unspecified atom stereocenters. The maximum absolute atomic E-state index is 14.0. The summed E-state index contributed by atoms with van der Waals surface area (Å²) >= 11 is 0. The molecule has 0 amide bonds. The number of esters is 1. The second-order valence-corrected chi connectivity index (χ2v) is 10.8. The van der Waals surface area contributed by atoms with Crippen molar-refractivity contribution in [3.8, 4) is 46.0 Å². The van der Waals surface area contributed by atoms with Crippen LogP contribution in [0.15, 0.2) is 84.6 Å². The number of aliphatic carboxylic acids is 2. The van der Waals surface area contributed by atoms with E-state index in [1.807, 2.05) is 0 Å². The van der Waals surface area contributed by atoms with Gasteiger partial charge in [0.05, 0.1) is 12.0 Å². The van der Waals surface area contributed by atoms with Crippen LogP contribution < -0.4 is 0 Å². The second kappa shape index (κ2) is 15.9. The molecule has 0 heterocycles. The number of phenolic OH excluding ortho intramolecular Hbond substituents is 8. The molecule has 0 fully saturated rings. The first-order chi connectivity index (χ1) is 24.1. The Morgan fingerprint density at radius 1 is 0.647 bits per heavy atom. The zero-order chi connectivity index (χ0) is 37.4. The highest BCUT2D eigenvalue weighted by molar-refractivity contribution is 6.10. The summed E-state index contributed by atoms with van der Waals surface area (Å²) in [6.45, 7) is 0. The van der Waals surface area contributed by atoms with Crippen LogP contribution in [-0.4, -0.2) is 75.1 Å². The lowest BCUT2D eigenvalue weighted by atomic mass is 9.96. The van der Waals surface area contributed by atoms with Crippen molar-refractivity contribution >= 4 is 29.6 Å². The van der Waals surface area contributed by atoms with E-state index in [-0.39, 0.29) is 34.2 Å². The van der Waals surface area contributed by atoms with E-state index in [0.29, 0.717) is 0 Å². The van der Waals surface area contributed by atoms with Crippen molar-refractivity contribution in [2.75, 3.05) is 0 Å². The number of hydrogen-bond acceptors (Lipinski definition) is 14. The van der Waals surface area contributed by atoms with Crippen molar-refractivity contribution in [2.24, 2.45) is 0 Å². The Labute approximate surface area is 287 Å². The molecule has 4 aromatic rings. The molecule has 0 bridgehead atoms. The third-order valence-electron chi connectivity index (χ3n) is 7.16. The van der Waals surface area contributed by atoms with Gasteiger partial charge in [0, 0.05) is 12.0 Å². The fourth-order valence-electron chi connectivity index (χ4n) is 4.56. The maximum atomic E-state index is 14.0. The quantitative estimate of drug-likeness (QED) is 0.0168. The summed E-state index contributed by atoms with van der Waals surface area (Å²) in [4.78, 5) is 48.0. The minimum Gasteiger partial charge on any atom is -0.504 e. The number of carbonyl (C=O) groups is 3. The van der Waals surface area contributed by atoms with E-state index < -0.39 is 88.1 Å². The van der Waals surface area contributed by atoms with Crippen molar-refractivity contribution in [3.05, 3.63) is 107 Å². The molecule has 10 N–H and O–H groups in total. The zero-order valence-electron chi connectivity index (χ0n) is 26.1. The zero-order valence-corrected chi connectivity index (χ0v) is 26.1. The van der Waals surface area contributed by atoms with Gasteiger partial charge in [-0.25, -0.2) is 9.59 Å². The van der Waals surface area contributed by atoms with Gasteiger partial charge in [-0.1, -0.05) is 24.3 Å². The van der Waals surface area contributed by atoms with Gasteiger partial charge in [-0.3, -0.25) is 4.79 Å². The Morgan fingerprint density at radius 2 is 1.22 bits per heavy atom. The minimum atomic E-state index is -1.74. The number of carbonyl (C=O) groups excluding carboxylic acids is 1. The first-order valence-corrected chi connectivity index (χ1v) is 14.6. The van der Waals surface area contributed by atoms with E-state index in [0.717, 1.165) is 60.9 Å². The first-order valence-electron chi connectivity index (χ1n) is 14.6. The molecule has 0 aliphatic rings. The highest BCUT2D eigenvalue weighted by Gasteiger charge is 2.28. The molecule has 2 atom stereocenters. The summed E-state index contributed by atoms with van der Waals surface area (Å²) in [5, 5.41) is 98.6. The SMILES string of the molecule is O=C(O)CC(OC(=O)C(=Cc1ccc(O)c(O)c1)C(=COOC(Cc1ccc(O)c(O)c1)C(=O)O)c1ccc(O)c(O)c1)c1ccc(O)c(O)c1. The predicted molar refractivity (Wildman–Crippen MR) is 173 cm³/mol. The molecule has 0 aliphatic carbocycles. The van der Waals surface area contributed by atoms with Crippen molar-refractivity contribution < 1.29 is 80.0 Å². The molecule has 4 rings (SSSR count). The normalized spacial score (nSPS) is 12.9. The lowest BCUT2D eigenvalue weighted by Crippen LogP contribution is -2.26. The largest absolute Gasteiger partial charge is 0.504 e. The number of phenols is 8. The molecule has 0 saturated carbocycles. The molecule has 0 saturated heterocycles. The highest BCUT2D eigenvalue weighted by Crippen LogP contribution is 2.37. The van der Waals surface area contributed by atoms with E-state index >= 15 is 0 Å². The van der Waals surface area contributed by atoms with Crippen molar-refractivity contribution in [1.82, 2.24) is 0 Å². The Balaban J connectivity index is 1.82. The van der Waals surface area contributed by atoms with Gasteiger partial charge in [-0.2, -0.15) is 4.89 Å². The second-order valence-electron chi connectivity index (χ2n) is 10.8. The fraction of sp³-hybridized carbons (Fsp3) is 0.114. The number of ether oxygens (including phenoxy) is 1. The lowest BCUT2D eigenvalue weighted by molar-refractivity contribution is -0.280. The van der Waals surface area contributed by atoms with Gasteiger partial charge in [-0.15, -0.1) is 0 Å². The topological polar surface area (TPSA) is 281 Å². The van der Waals surface area contributed by atoms with Gasteiger partial charge < -0.3 is 60.7 Å². The average Bonchev–Trinajstić information content (AvgIpc) is 3.07. The summed E-state index contributed by atoms with van der Waals surface area (Å²) < 4.78 is 5.57. The summed E-state index contributed by atoms with van der Waals surface area (Å²) in [7, 11) is 0. The van der Waals surface area contributed by atoms with Crippen molar-refractivity contribution in [2.45, 2.75) is 25.0 Å². The van der Waals surface area contributed by atoms with Crippen LogP contribution in [0.3, 0.4) is 0 Å². The Kier molecular flexibility index (Phi) is 11.5. The summed E-state index contributed by atoms with van der Waals surface area (Å²) in [6, 6.07) is 13.4. The number of aromatic hydroxyl groups is 8. The Morgan fingerprint density at radius 3 is 1.78 bits per heavy atom. The van der Waals surface area contributed by atoms with E-state index in [2.05, 4.69) is 0 Å². The Bertz CT molecular complexity index is 2020. The van der Waals surface area contributed by atoms with Gasteiger partial charge in [-0.05, 0) is 76.9 Å². The predicted octanol–water partition coefficient (Wildman–Crippen LogP) is 4.16. The first kappa shape index (κ1) is 36.8. The molecule has 51 heavy (non-hydrogen) atoms. The third-order valence-corrected chi connectivity index (χ3v) is 7.16. The van der Waals surface area contributed by atoms with E-state index in [1.54, 1.807) is 0 Å². The van der Waals surface area contributed by atoms with Crippen LogP contribution in [0, 0.1) is 0 Å². The molecular formula is C35H30O16. The van der Waals surface area contributed by atoms with Crippen LogP contribution >= 0.6 is 0 Å². The van der Waals surface area contributed by atoms with Crippen LogP contribution in [-0.2, 0) is 35.3 Å². The van der Waals surface area contributed by atoms with E-state index in [1.165, 1.54) is 24.3 Å². The number of rotatable bonds is 14. The van der Waals surface area contributed by atoms with Crippen LogP contribution in [0.1, 0.15) is 34.8 Å². The van der Waals surface area contributed by atoms with Gasteiger partial charge >= 0.3 is 17.9 Å². The monoisotopic (exact) mass is 706 g/mol. The molecule has 0 aromatic heterocycles. The standard InChI is InChI=1S/C35H30O16/c36-23-5-1-17(10-27(23)40)9-21(35(48)50-31(15-33(44)45)20-4-8-26(39)30(43)14-20)22(19-3-7-25(38)29(42)13-19)16-49-51-32(34(46)47)12-18-2-6-24(37)28(41)11-18/h1-11,13-14,16,31-32,36-43H,12,15H2,(H,44,45)(H,46,47). The van der Waals surface area contributed by atoms with Gasteiger partial charge in [0.15, 0.2) is 46.0 Å². The minimum absolute atomic E-state index is 0.0420. The number of hydrogen-bond donors (Lipinski definition) is 10. The molecule has 16 nitrogen and oxygen atoms in total. The number of benzene rings is 4. The Hall–Kier alpha value is -7.07. The lowest BCUT2D eigenvalue weighted by Gasteiger charge is -2.20. The summed E-state index contributed by atoms with van der Waals surface area (Å²) in [5.41, 5.74) is -0.666. The van der Waals surface area contributed by atoms with Crippen molar-refractivity contribution in [3.63, 3.8) is 0 Å². The average molecular weight is 707 g/mol. The molecule has 266 valence electrons. The van der Waals surface area contributed by atoms with Crippen LogP contribution in [0.4, 0.5) is 0 Å². The highest BCUT2D eigenvalue weighted by atomic mass is 17.2. The molecule has 0 spiro atoms. The summed E-state index contributed by atoms with van der Waals surface area (Å²) in [5.74, 6) is -8.74. The van der Waals surface area contributed by atoms with Gasteiger partial charge in [0.25, 0.3) is 0 Å². The summed E-state index contributed by atoms with van der Waals surface area (Å²) in [6.07, 6.45) is -2.70. The molecule has 0 aliphatic heterocycles. The third kappa shape index (κ3) is 9.52. The van der Waals surface area contributed by atoms with E-state index in [9.17, 15) is 65.4 Å². The van der Waals surface area contributed by atoms with Crippen molar-refractivity contribution in [1.29, 1.82) is 0 Å². The molecule has 4 aromatic carbocycles. The fourth-order valence-corrected chi connectivity index (χ4v) is 4.56. The number of carboxylic acid groups (broad SMARTS) is 2. The molecule has 16 heteroatoms. The maximum Gasteiger partial charge on any atom is 0.339 e. The van der Waals surface area contributed by atoms with E-state index in [4.69, 9.17) is 14.5 Å². The van der Waals surface area contributed by atoms with Gasteiger partial charge in [0.2, 0.25) is 6.10 Å². The molecular weight excluding hydrogens is 676 g/mol. The smallest absolute Gasteiger partial charge is 0.339 e. The van der Waals surface area contributed by atoms with Crippen LogP contribution in [0.2, 0.25) is 0 Å². The molecule has 0 radical (unpaired) electrons. The van der Waals surface area contributed by atoms with Crippen LogP contribution in [0.5, 0.6) is 46.0 Å². The van der Waals surface area contributed by atoms with Gasteiger partial charge in [0.1, 0.15) is 12.4 Å². The number of carboxylic acids is 2.